The lowest BCUT2D eigenvalue weighted by molar-refractivity contribution is 0.254. The predicted octanol–water partition coefficient (Wildman–Crippen LogP) is 4.69. The van der Waals surface area contributed by atoms with E-state index >= 15 is 0 Å². The van der Waals surface area contributed by atoms with Crippen LogP contribution in [0.5, 0.6) is 0 Å². The van der Waals surface area contributed by atoms with Crippen molar-refractivity contribution in [1.29, 1.82) is 0 Å². The minimum absolute atomic E-state index is 0.119. The molecular formula is C15H22ClFN2. The lowest BCUT2D eigenvalue weighted by atomic mass is 9.77. The molecule has 3 N–H and O–H groups in total. The van der Waals surface area contributed by atoms with Crippen molar-refractivity contribution < 1.29 is 4.39 Å². The molecule has 0 aliphatic heterocycles. The van der Waals surface area contributed by atoms with Gasteiger partial charge in [-0.25, -0.2) is 4.39 Å². The highest BCUT2D eigenvalue weighted by molar-refractivity contribution is 6.31. The number of nitrogens with one attached hydrogen (secondary N) is 1. The van der Waals surface area contributed by atoms with Gasteiger partial charge in [0.15, 0.2) is 0 Å². The van der Waals surface area contributed by atoms with Crippen molar-refractivity contribution in [2.24, 2.45) is 11.8 Å². The van der Waals surface area contributed by atoms with E-state index in [-0.39, 0.29) is 5.02 Å². The monoisotopic (exact) mass is 284 g/mol. The lowest BCUT2D eigenvalue weighted by Gasteiger charge is -2.35. The van der Waals surface area contributed by atoms with Gasteiger partial charge in [0.25, 0.3) is 0 Å². The Morgan fingerprint density at radius 3 is 2.68 bits per heavy atom. The van der Waals surface area contributed by atoms with E-state index in [0.717, 1.165) is 12.1 Å². The molecule has 1 aromatic rings. The Labute approximate surface area is 119 Å². The van der Waals surface area contributed by atoms with Crippen LogP contribution in [-0.2, 0) is 0 Å². The second-order valence-corrected chi connectivity index (χ2v) is 6.20. The summed E-state index contributed by atoms with van der Waals surface area (Å²) in [6.45, 7) is 4.51. The van der Waals surface area contributed by atoms with Crippen LogP contribution >= 0.6 is 11.6 Å². The number of nitrogen functional groups attached to an aromatic ring is 1. The van der Waals surface area contributed by atoms with Crippen LogP contribution in [0, 0.1) is 17.7 Å². The van der Waals surface area contributed by atoms with Crippen LogP contribution < -0.4 is 11.1 Å². The quantitative estimate of drug-likeness (QED) is 0.790. The SMILES string of the molecule is CC(C)C1CCCCC1Nc1cc(Cl)c(F)cc1N. The number of nitrogens with two attached hydrogens (primary N) is 1. The highest BCUT2D eigenvalue weighted by atomic mass is 35.5. The van der Waals surface area contributed by atoms with Gasteiger partial charge < -0.3 is 11.1 Å². The van der Waals surface area contributed by atoms with Crippen molar-refractivity contribution in [2.45, 2.75) is 45.6 Å². The van der Waals surface area contributed by atoms with Crippen LogP contribution in [0.1, 0.15) is 39.5 Å². The van der Waals surface area contributed by atoms with Gasteiger partial charge >= 0.3 is 0 Å². The number of hydrogen-bond acceptors (Lipinski definition) is 2. The molecule has 19 heavy (non-hydrogen) atoms. The fraction of sp³-hybridized carbons (Fsp3) is 0.600. The molecule has 0 heterocycles. The fourth-order valence-electron chi connectivity index (χ4n) is 3.02. The molecule has 1 saturated carbocycles. The molecule has 4 heteroatoms. The van der Waals surface area contributed by atoms with E-state index in [4.69, 9.17) is 17.3 Å². The molecule has 1 aliphatic carbocycles. The fourth-order valence-corrected chi connectivity index (χ4v) is 3.19. The summed E-state index contributed by atoms with van der Waals surface area (Å²) in [6, 6.07) is 3.29. The summed E-state index contributed by atoms with van der Waals surface area (Å²) in [4.78, 5) is 0. The van der Waals surface area contributed by atoms with Crippen LogP contribution in [-0.4, -0.2) is 6.04 Å². The van der Waals surface area contributed by atoms with Crippen LogP contribution in [0.4, 0.5) is 15.8 Å². The number of rotatable bonds is 3. The smallest absolute Gasteiger partial charge is 0.143 e. The van der Waals surface area contributed by atoms with Crippen molar-refractivity contribution in [3.63, 3.8) is 0 Å². The van der Waals surface area contributed by atoms with Crippen molar-refractivity contribution in [2.75, 3.05) is 11.1 Å². The molecule has 1 fully saturated rings. The largest absolute Gasteiger partial charge is 0.397 e. The first-order valence-corrected chi connectivity index (χ1v) is 7.38. The van der Waals surface area contributed by atoms with Crippen molar-refractivity contribution in [3.8, 4) is 0 Å². The maximum Gasteiger partial charge on any atom is 0.143 e. The summed E-state index contributed by atoms with van der Waals surface area (Å²) in [5, 5.41) is 3.59. The van der Waals surface area contributed by atoms with Crippen LogP contribution in [0.25, 0.3) is 0 Å². The Bertz CT molecular complexity index is 448. The summed E-state index contributed by atoms with van der Waals surface area (Å²) in [5.74, 6) is 0.806. The van der Waals surface area contributed by atoms with Gasteiger partial charge in [0.1, 0.15) is 5.82 Å². The zero-order valence-corrected chi connectivity index (χ0v) is 12.3. The third-order valence-electron chi connectivity index (χ3n) is 4.11. The van der Waals surface area contributed by atoms with Crippen LogP contribution in [0.2, 0.25) is 5.02 Å². The molecule has 1 aromatic carbocycles. The highest BCUT2D eigenvalue weighted by Crippen LogP contribution is 2.34. The first kappa shape index (κ1) is 14.4. The van der Waals surface area contributed by atoms with Gasteiger partial charge in [0, 0.05) is 12.1 Å². The molecule has 2 atom stereocenters. The molecule has 1 aliphatic rings. The van der Waals surface area contributed by atoms with E-state index in [1.54, 1.807) is 6.07 Å². The number of hydrogen-bond donors (Lipinski definition) is 2. The maximum atomic E-state index is 13.3. The van der Waals surface area contributed by atoms with E-state index in [9.17, 15) is 4.39 Å². The van der Waals surface area contributed by atoms with Crippen molar-refractivity contribution >= 4 is 23.0 Å². The average molecular weight is 285 g/mol. The molecule has 0 saturated heterocycles. The Hall–Kier alpha value is -0.960. The average Bonchev–Trinajstić information content (AvgIpc) is 2.36. The Kier molecular flexibility index (Phi) is 4.56. The van der Waals surface area contributed by atoms with E-state index in [1.165, 1.54) is 25.3 Å². The van der Waals surface area contributed by atoms with Gasteiger partial charge in [-0.2, -0.15) is 0 Å². The Morgan fingerprint density at radius 2 is 2.00 bits per heavy atom. The lowest BCUT2D eigenvalue weighted by Crippen LogP contribution is -2.35. The molecular weight excluding hydrogens is 263 g/mol. The molecule has 0 bridgehead atoms. The minimum Gasteiger partial charge on any atom is -0.397 e. The number of benzene rings is 1. The molecule has 106 valence electrons. The van der Waals surface area contributed by atoms with Crippen molar-refractivity contribution in [3.05, 3.63) is 23.0 Å². The summed E-state index contributed by atoms with van der Waals surface area (Å²) in [6.07, 6.45) is 4.90. The van der Waals surface area contributed by atoms with Gasteiger partial charge in [0.05, 0.1) is 16.4 Å². The summed E-state index contributed by atoms with van der Waals surface area (Å²) in [5.41, 5.74) is 7.05. The summed E-state index contributed by atoms with van der Waals surface area (Å²) < 4.78 is 13.3. The summed E-state index contributed by atoms with van der Waals surface area (Å²) in [7, 11) is 0. The van der Waals surface area contributed by atoms with E-state index in [2.05, 4.69) is 19.2 Å². The van der Waals surface area contributed by atoms with E-state index in [1.807, 2.05) is 0 Å². The topological polar surface area (TPSA) is 38.0 Å². The molecule has 2 unspecified atom stereocenters. The normalized spacial score (nSPS) is 23.6. The standard InChI is InChI=1S/C15H22ClFN2/c1-9(2)10-5-3-4-6-14(10)19-15-7-11(16)12(17)8-13(15)18/h7-10,14,19H,3-6,18H2,1-2H3. The maximum absolute atomic E-state index is 13.3. The van der Waals surface area contributed by atoms with Gasteiger partial charge in [-0.1, -0.05) is 38.3 Å². The summed E-state index contributed by atoms with van der Waals surface area (Å²) >= 11 is 5.83. The minimum atomic E-state index is -0.464. The molecule has 0 amide bonds. The first-order valence-electron chi connectivity index (χ1n) is 7.00. The van der Waals surface area contributed by atoms with Crippen LogP contribution in [0.3, 0.4) is 0 Å². The third kappa shape index (κ3) is 3.33. The molecule has 0 radical (unpaired) electrons. The number of anilines is 2. The second-order valence-electron chi connectivity index (χ2n) is 5.80. The third-order valence-corrected chi connectivity index (χ3v) is 4.40. The highest BCUT2D eigenvalue weighted by Gasteiger charge is 2.27. The predicted molar refractivity (Wildman–Crippen MR) is 80.0 cm³/mol. The van der Waals surface area contributed by atoms with Gasteiger partial charge in [0.2, 0.25) is 0 Å². The van der Waals surface area contributed by atoms with E-state index in [0.29, 0.717) is 23.6 Å². The first-order chi connectivity index (χ1) is 8.99. The molecule has 2 rings (SSSR count). The number of halogens is 2. The van der Waals surface area contributed by atoms with Gasteiger partial charge in [-0.3, -0.25) is 0 Å². The second kappa shape index (κ2) is 6.00. The zero-order valence-electron chi connectivity index (χ0n) is 11.5. The Balaban J connectivity index is 2.17. The van der Waals surface area contributed by atoms with Crippen molar-refractivity contribution in [1.82, 2.24) is 0 Å². The van der Waals surface area contributed by atoms with Crippen LogP contribution in [0.15, 0.2) is 12.1 Å². The zero-order chi connectivity index (χ0) is 14.0. The molecule has 0 spiro atoms. The van der Waals surface area contributed by atoms with Gasteiger partial charge in [-0.05, 0) is 30.7 Å². The van der Waals surface area contributed by atoms with Gasteiger partial charge in [-0.15, -0.1) is 0 Å². The Morgan fingerprint density at radius 1 is 1.32 bits per heavy atom. The van der Waals surface area contributed by atoms with E-state index < -0.39 is 5.82 Å². The molecule has 0 aromatic heterocycles. The molecule has 2 nitrogen and oxygen atoms in total.